The summed E-state index contributed by atoms with van der Waals surface area (Å²) in [6.45, 7) is 3.98. The molecule has 0 radical (unpaired) electrons. The molecule has 0 fully saturated rings. The van der Waals surface area contributed by atoms with Crippen LogP contribution in [0.5, 0.6) is 0 Å². The van der Waals surface area contributed by atoms with E-state index in [9.17, 15) is 0 Å². The van der Waals surface area contributed by atoms with Crippen LogP contribution in [0.3, 0.4) is 0 Å². The Kier molecular flexibility index (Phi) is 4.25. The molecule has 0 aliphatic heterocycles. The first-order chi connectivity index (χ1) is 8.52. The SMILES string of the molecule is CCc1c(C)nc(-c2ccc(Cl)cc2Br)nc1Cl. The fourth-order valence-corrected chi connectivity index (χ4v) is 2.96. The van der Waals surface area contributed by atoms with Crippen molar-refractivity contribution in [2.24, 2.45) is 0 Å². The molecule has 0 N–H and O–H groups in total. The molecular weight excluding hydrogens is 335 g/mol. The van der Waals surface area contributed by atoms with Gasteiger partial charge in [-0.1, -0.05) is 30.1 Å². The van der Waals surface area contributed by atoms with Gasteiger partial charge in [-0.15, -0.1) is 0 Å². The van der Waals surface area contributed by atoms with Crippen LogP contribution in [-0.4, -0.2) is 9.97 Å². The van der Waals surface area contributed by atoms with Gasteiger partial charge in [0.1, 0.15) is 5.15 Å². The summed E-state index contributed by atoms with van der Waals surface area (Å²) in [4.78, 5) is 8.84. The van der Waals surface area contributed by atoms with Crippen LogP contribution in [-0.2, 0) is 6.42 Å². The molecule has 2 nitrogen and oxygen atoms in total. The summed E-state index contributed by atoms with van der Waals surface area (Å²) in [6, 6.07) is 5.50. The zero-order valence-electron chi connectivity index (χ0n) is 9.97. The molecule has 0 atom stereocenters. The van der Waals surface area contributed by atoms with Gasteiger partial charge >= 0.3 is 0 Å². The summed E-state index contributed by atoms with van der Waals surface area (Å²) in [7, 11) is 0. The molecule has 0 aliphatic rings. The second-order valence-corrected chi connectivity index (χ2v) is 5.53. The first kappa shape index (κ1) is 13.8. The minimum Gasteiger partial charge on any atom is -0.233 e. The van der Waals surface area contributed by atoms with Gasteiger partial charge in [-0.25, -0.2) is 9.97 Å². The number of rotatable bonds is 2. The maximum Gasteiger partial charge on any atom is 0.162 e. The molecular formula is C13H11BrCl2N2. The lowest BCUT2D eigenvalue weighted by atomic mass is 10.1. The molecule has 2 aromatic rings. The highest BCUT2D eigenvalue weighted by Crippen LogP contribution is 2.30. The van der Waals surface area contributed by atoms with E-state index in [4.69, 9.17) is 23.2 Å². The number of hydrogen-bond acceptors (Lipinski definition) is 2. The van der Waals surface area contributed by atoms with E-state index in [0.717, 1.165) is 27.7 Å². The summed E-state index contributed by atoms with van der Waals surface area (Å²) in [6.07, 6.45) is 0.826. The van der Waals surface area contributed by atoms with Crippen LogP contribution in [0.1, 0.15) is 18.2 Å². The fourth-order valence-electron chi connectivity index (χ4n) is 1.75. The maximum atomic E-state index is 6.18. The molecule has 0 unspecified atom stereocenters. The molecule has 0 aliphatic carbocycles. The highest BCUT2D eigenvalue weighted by molar-refractivity contribution is 9.10. The molecule has 0 amide bonds. The average Bonchev–Trinajstić information content (AvgIpc) is 2.28. The molecule has 1 aromatic carbocycles. The Morgan fingerprint density at radius 2 is 1.94 bits per heavy atom. The van der Waals surface area contributed by atoms with E-state index in [1.165, 1.54) is 0 Å². The Bertz CT molecular complexity index is 577. The molecule has 0 saturated carbocycles. The molecule has 0 saturated heterocycles. The van der Waals surface area contributed by atoms with E-state index in [-0.39, 0.29) is 0 Å². The van der Waals surface area contributed by atoms with Crippen LogP contribution in [0.15, 0.2) is 22.7 Å². The molecule has 18 heavy (non-hydrogen) atoms. The number of aromatic nitrogens is 2. The van der Waals surface area contributed by atoms with Crippen LogP contribution in [0.25, 0.3) is 11.4 Å². The summed E-state index contributed by atoms with van der Waals surface area (Å²) >= 11 is 15.6. The number of benzene rings is 1. The number of aryl methyl sites for hydroxylation is 1. The van der Waals surface area contributed by atoms with Gasteiger partial charge in [0.25, 0.3) is 0 Å². The van der Waals surface area contributed by atoms with Crippen LogP contribution in [0.4, 0.5) is 0 Å². The van der Waals surface area contributed by atoms with Gasteiger partial charge in [0, 0.05) is 26.3 Å². The lowest BCUT2D eigenvalue weighted by Crippen LogP contribution is -1.99. The van der Waals surface area contributed by atoms with Gasteiger partial charge in [-0.2, -0.15) is 0 Å². The third kappa shape index (κ3) is 2.68. The van der Waals surface area contributed by atoms with Crippen molar-refractivity contribution in [3.63, 3.8) is 0 Å². The number of halogens is 3. The van der Waals surface area contributed by atoms with Gasteiger partial charge in [-0.05, 0) is 47.5 Å². The summed E-state index contributed by atoms with van der Waals surface area (Å²) in [5.41, 5.74) is 2.78. The Morgan fingerprint density at radius 1 is 1.22 bits per heavy atom. The Balaban J connectivity index is 2.58. The van der Waals surface area contributed by atoms with Crippen LogP contribution >= 0.6 is 39.1 Å². The Labute approximate surface area is 124 Å². The highest BCUT2D eigenvalue weighted by atomic mass is 79.9. The minimum atomic E-state index is 0.516. The summed E-state index contributed by atoms with van der Waals surface area (Å²) in [5, 5.41) is 1.18. The fraction of sp³-hybridized carbons (Fsp3) is 0.231. The van der Waals surface area contributed by atoms with Crippen molar-refractivity contribution in [1.29, 1.82) is 0 Å². The smallest absolute Gasteiger partial charge is 0.162 e. The monoisotopic (exact) mass is 344 g/mol. The third-order valence-corrected chi connectivity index (χ3v) is 3.89. The number of nitrogens with zero attached hydrogens (tertiary/aromatic N) is 2. The van der Waals surface area contributed by atoms with Crippen molar-refractivity contribution in [3.05, 3.63) is 44.1 Å². The quantitative estimate of drug-likeness (QED) is 0.709. The van der Waals surface area contributed by atoms with E-state index < -0.39 is 0 Å². The maximum absolute atomic E-state index is 6.18. The second-order valence-electron chi connectivity index (χ2n) is 3.88. The summed E-state index contributed by atoms with van der Waals surface area (Å²) < 4.78 is 0.856. The molecule has 5 heteroatoms. The van der Waals surface area contributed by atoms with Crippen molar-refractivity contribution in [2.45, 2.75) is 20.3 Å². The van der Waals surface area contributed by atoms with E-state index in [1.807, 2.05) is 32.0 Å². The van der Waals surface area contributed by atoms with Crippen molar-refractivity contribution < 1.29 is 0 Å². The zero-order valence-corrected chi connectivity index (χ0v) is 13.1. The Morgan fingerprint density at radius 3 is 2.50 bits per heavy atom. The van der Waals surface area contributed by atoms with E-state index in [1.54, 1.807) is 0 Å². The van der Waals surface area contributed by atoms with Crippen LogP contribution < -0.4 is 0 Å². The van der Waals surface area contributed by atoms with Gasteiger partial charge < -0.3 is 0 Å². The largest absolute Gasteiger partial charge is 0.233 e. The van der Waals surface area contributed by atoms with Crippen molar-refractivity contribution in [1.82, 2.24) is 9.97 Å². The first-order valence-electron chi connectivity index (χ1n) is 5.51. The predicted octanol–water partition coefficient (Wildman–Crippen LogP) is 5.08. The predicted molar refractivity (Wildman–Crippen MR) is 79.3 cm³/mol. The van der Waals surface area contributed by atoms with Gasteiger partial charge in [-0.3, -0.25) is 0 Å². The highest BCUT2D eigenvalue weighted by Gasteiger charge is 2.12. The number of hydrogen-bond donors (Lipinski definition) is 0. The van der Waals surface area contributed by atoms with Crippen molar-refractivity contribution in [2.75, 3.05) is 0 Å². The lowest BCUT2D eigenvalue weighted by Gasteiger charge is -2.09. The van der Waals surface area contributed by atoms with Crippen molar-refractivity contribution >= 4 is 39.1 Å². The minimum absolute atomic E-state index is 0.516. The van der Waals surface area contributed by atoms with Crippen LogP contribution in [0, 0.1) is 6.92 Å². The molecule has 94 valence electrons. The first-order valence-corrected chi connectivity index (χ1v) is 7.06. The van der Waals surface area contributed by atoms with Crippen LogP contribution in [0.2, 0.25) is 10.2 Å². The van der Waals surface area contributed by atoms with Crippen molar-refractivity contribution in [3.8, 4) is 11.4 Å². The topological polar surface area (TPSA) is 25.8 Å². The summed E-state index contributed by atoms with van der Waals surface area (Å²) in [5.74, 6) is 0.609. The van der Waals surface area contributed by atoms with E-state index >= 15 is 0 Å². The standard InChI is InChI=1S/C13H11BrCl2N2/c1-3-9-7(2)17-13(18-12(9)16)10-5-4-8(15)6-11(10)14/h4-6H,3H2,1-2H3. The van der Waals surface area contributed by atoms with Gasteiger partial charge in [0.05, 0.1) is 0 Å². The molecule has 0 bridgehead atoms. The lowest BCUT2D eigenvalue weighted by molar-refractivity contribution is 1.00. The molecule has 1 heterocycles. The zero-order chi connectivity index (χ0) is 13.3. The normalized spacial score (nSPS) is 10.7. The van der Waals surface area contributed by atoms with E-state index in [2.05, 4.69) is 25.9 Å². The molecule has 2 rings (SSSR count). The molecule has 1 aromatic heterocycles. The second kappa shape index (κ2) is 5.55. The third-order valence-electron chi connectivity index (χ3n) is 2.69. The van der Waals surface area contributed by atoms with Gasteiger partial charge in [0.2, 0.25) is 0 Å². The average molecular weight is 346 g/mol. The molecule has 0 spiro atoms. The Hall–Kier alpha value is -0.640. The van der Waals surface area contributed by atoms with E-state index in [0.29, 0.717) is 16.0 Å². The van der Waals surface area contributed by atoms with Gasteiger partial charge in [0.15, 0.2) is 5.82 Å².